The lowest BCUT2D eigenvalue weighted by atomic mass is 10.1. The Morgan fingerprint density at radius 2 is 2.29 bits per heavy atom. The van der Waals surface area contributed by atoms with Gasteiger partial charge in [0.05, 0.1) is 6.42 Å². The third kappa shape index (κ3) is 2.97. The highest BCUT2D eigenvalue weighted by molar-refractivity contribution is 14.1. The second-order valence-corrected chi connectivity index (χ2v) is 4.89. The summed E-state index contributed by atoms with van der Waals surface area (Å²) < 4.78 is 1.18. The smallest absolute Gasteiger partial charge is 0.224 e. The van der Waals surface area contributed by atoms with E-state index in [1.165, 1.54) is 3.57 Å². The predicted octanol–water partition coefficient (Wildman–Crippen LogP) is 2.11. The molecule has 3 heteroatoms. The molecule has 1 aliphatic carbocycles. The predicted molar refractivity (Wildman–Crippen MR) is 64.0 cm³/mol. The van der Waals surface area contributed by atoms with Crippen LogP contribution in [0.1, 0.15) is 18.4 Å². The van der Waals surface area contributed by atoms with E-state index in [-0.39, 0.29) is 5.91 Å². The van der Waals surface area contributed by atoms with E-state index < -0.39 is 0 Å². The molecule has 0 spiro atoms. The van der Waals surface area contributed by atoms with Crippen LogP contribution >= 0.6 is 22.6 Å². The number of rotatable bonds is 3. The average molecular weight is 301 g/mol. The Labute approximate surface area is 97.2 Å². The molecular weight excluding hydrogens is 289 g/mol. The monoisotopic (exact) mass is 301 g/mol. The maximum atomic E-state index is 11.5. The van der Waals surface area contributed by atoms with Crippen LogP contribution < -0.4 is 5.32 Å². The SMILES string of the molecule is O=C(Cc1cccc(I)c1)NC1CC1. The van der Waals surface area contributed by atoms with Crippen molar-refractivity contribution in [1.82, 2.24) is 5.32 Å². The summed E-state index contributed by atoms with van der Waals surface area (Å²) in [5, 5.41) is 2.98. The van der Waals surface area contributed by atoms with Gasteiger partial charge in [-0.05, 0) is 53.1 Å². The van der Waals surface area contributed by atoms with E-state index in [9.17, 15) is 4.79 Å². The molecule has 0 bridgehead atoms. The minimum absolute atomic E-state index is 0.148. The van der Waals surface area contributed by atoms with Gasteiger partial charge in [0.25, 0.3) is 0 Å². The lowest BCUT2D eigenvalue weighted by molar-refractivity contribution is -0.120. The topological polar surface area (TPSA) is 29.1 Å². The van der Waals surface area contributed by atoms with Crippen molar-refractivity contribution in [3.8, 4) is 0 Å². The number of benzene rings is 1. The van der Waals surface area contributed by atoms with Crippen LogP contribution in [0.25, 0.3) is 0 Å². The first-order valence-corrected chi connectivity index (χ1v) is 5.86. The third-order valence-electron chi connectivity index (χ3n) is 2.20. The van der Waals surface area contributed by atoms with Crippen LogP contribution in [0.4, 0.5) is 0 Å². The Hall–Kier alpha value is -0.580. The van der Waals surface area contributed by atoms with Crippen LogP contribution in [-0.2, 0) is 11.2 Å². The number of halogens is 1. The van der Waals surface area contributed by atoms with Crippen molar-refractivity contribution in [3.63, 3.8) is 0 Å². The van der Waals surface area contributed by atoms with Crippen molar-refractivity contribution >= 4 is 28.5 Å². The second kappa shape index (κ2) is 4.29. The van der Waals surface area contributed by atoms with Gasteiger partial charge in [0.2, 0.25) is 5.91 Å². The number of carbonyl (C=O) groups is 1. The first-order valence-electron chi connectivity index (χ1n) is 4.78. The van der Waals surface area contributed by atoms with Gasteiger partial charge < -0.3 is 5.32 Å². The minimum Gasteiger partial charge on any atom is -0.353 e. The van der Waals surface area contributed by atoms with Crippen LogP contribution in [0.5, 0.6) is 0 Å². The molecule has 0 heterocycles. The summed E-state index contributed by atoms with van der Waals surface area (Å²) in [6.45, 7) is 0. The first kappa shape index (κ1) is 9.96. The first-order chi connectivity index (χ1) is 6.74. The van der Waals surface area contributed by atoms with Crippen molar-refractivity contribution in [1.29, 1.82) is 0 Å². The Morgan fingerprint density at radius 1 is 1.50 bits per heavy atom. The molecule has 0 saturated heterocycles. The summed E-state index contributed by atoms with van der Waals surface area (Å²) in [5.74, 6) is 0.148. The van der Waals surface area contributed by atoms with E-state index in [0.29, 0.717) is 12.5 Å². The largest absolute Gasteiger partial charge is 0.353 e. The Balaban J connectivity index is 1.92. The van der Waals surface area contributed by atoms with Crippen LogP contribution in [0, 0.1) is 3.57 Å². The molecule has 0 aromatic heterocycles. The Kier molecular flexibility index (Phi) is 3.05. The number of amides is 1. The van der Waals surface area contributed by atoms with E-state index in [0.717, 1.165) is 18.4 Å². The molecule has 2 nitrogen and oxygen atoms in total. The summed E-state index contributed by atoms with van der Waals surface area (Å²) >= 11 is 2.26. The molecule has 0 radical (unpaired) electrons. The van der Waals surface area contributed by atoms with Crippen molar-refractivity contribution in [3.05, 3.63) is 33.4 Å². The molecule has 1 aromatic carbocycles. The minimum atomic E-state index is 0.148. The van der Waals surface area contributed by atoms with Gasteiger partial charge in [-0.15, -0.1) is 0 Å². The van der Waals surface area contributed by atoms with Gasteiger partial charge in [0.1, 0.15) is 0 Å². The van der Waals surface area contributed by atoms with Gasteiger partial charge in [-0.2, -0.15) is 0 Å². The molecule has 1 N–H and O–H groups in total. The number of hydrogen-bond acceptors (Lipinski definition) is 1. The van der Waals surface area contributed by atoms with Crippen molar-refractivity contribution in [2.75, 3.05) is 0 Å². The summed E-state index contributed by atoms with van der Waals surface area (Å²) in [7, 11) is 0. The molecule has 14 heavy (non-hydrogen) atoms. The Morgan fingerprint density at radius 3 is 2.93 bits per heavy atom. The van der Waals surface area contributed by atoms with Crippen LogP contribution in [0.2, 0.25) is 0 Å². The van der Waals surface area contributed by atoms with E-state index in [1.54, 1.807) is 0 Å². The summed E-state index contributed by atoms with van der Waals surface area (Å²) in [6, 6.07) is 8.52. The van der Waals surface area contributed by atoms with E-state index in [2.05, 4.69) is 27.9 Å². The van der Waals surface area contributed by atoms with Gasteiger partial charge in [-0.1, -0.05) is 12.1 Å². The molecule has 2 rings (SSSR count). The van der Waals surface area contributed by atoms with Gasteiger partial charge in [-0.3, -0.25) is 4.79 Å². The fraction of sp³-hybridized carbons (Fsp3) is 0.364. The molecule has 1 fully saturated rings. The molecule has 1 amide bonds. The standard InChI is InChI=1S/C11H12INO/c12-9-3-1-2-8(6-9)7-11(14)13-10-4-5-10/h1-3,6,10H,4-5,7H2,(H,13,14). The van der Waals surface area contributed by atoms with E-state index in [1.807, 2.05) is 24.3 Å². The van der Waals surface area contributed by atoms with Crippen LogP contribution in [0.15, 0.2) is 24.3 Å². The summed E-state index contributed by atoms with van der Waals surface area (Å²) in [6.07, 6.45) is 2.81. The van der Waals surface area contributed by atoms with E-state index >= 15 is 0 Å². The van der Waals surface area contributed by atoms with Gasteiger partial charge in [-0.25, -0.2) is 0 Å². The maximum Gasteiger partial charge on any atom is 0.224 e. The van der Waals surface area contributed by atoms with Crippen molar-refractivity contribution in [2.24, 2.45) is 0 Å². The highest BCUT2D eigenvalue weighted by atomic mass is 127. The normalized spacial score (nSPS) is 15.2. The molecule has 1 saturated carbocycles. The fourth-order valence-corrected chi connectivity index (χ4v) is 1.95. The molecular formula is C11H12INO. The zero-order chi connectivity index (χ0) is 9.97. The quantitative estimate of drug-likeness (QED) is 0.851. The van der Waals surface area contributed by atoms with Crippen molar-refractivity contribution < 1.29 is 4.79 Å². The number of nitrogens with one attached hydrogen (secondary N) is 1. The average Bonchev–Trinajstić information content (AvgIpc) is 2.87. The lowest BCUT2D eigenvalue weighted by Gasteiger charge is -2.03. The van der Waals surface area contributed by atoms with Gasteiger partial charge >= 0.3 is 0 Å². The maximum absolute atomic E-state index is 11.5. The third-order valence-corrected chi connectivity index (χ3v) is 2.87. The summed E-state index contributed by atoms with van der Waals surface area (Å²) in [5.41, 5.74) is 1.09. The highest BCUT2D eigenvalue weighted by Crippen LogP contribution is 2.18. The lowest BCUT2D eigenvalue weighted by Crippen LogP contribution is -2.26. The molecule has 1 aromatic rings. The van der Waals surface area contributed by atoms with Crippen LogP contribution in [0.3, 0.4) is 0 Å². The number of carbonyl (C=O) groups excluding carboxylic acids is 1. The zero-order valence-electron chi connectivity index (χ0n) is 7.79. The van der Waals surface area contributed by atoms with Gasteiger partial charge in [0.15, 0.2) is 0 Å². The zero-order valence-corrected chi connectivity index (χ0v) is 9.95. The Bertz CT molecular complexity index is 347. The molecule has 74 valence electrons. The van der Waals surface area contributed by atoms with Gasteiger partial charge in [0, 0.05) is 9.61 Å². The van der Waals surface area contributed by atoms with E-state index in [4.69, 9.17) is 0 Å². The molecule has 0 aliphatic heterocycles. The number of hydrogen-bond donors (Lipinski definition) is 1. The van der Waals surface area contributed by atoms with Crippen molar-refractivity contribution in [2.45, 2.75) is 25.3 Å². The molecule has 0 atom stereocenters. The second-order valence-electron chi connectivity index (χ2n) is 3.65. The molecule has 0 unspecified atom stereocenters. The highest BCUT2D eigenvalue weighted by Gasteiger charge is 2.22. The fourth-order valence-electron chi connectivity index (χ4n) is 1.34. The summed E-state index contributed by atoms with van der Waals surface area (Å²) in [4.78, 5) is 11.5. The van der Waals surface area contributed by atoms with Crippen LogP contribution in [-0.4, -0.2) is 11.9 Å². The molecule has 1 aliphatic rings.